The molecule has 194 valence electrons. The molecule has 1 saturated carbocycles. The lowest BCUT2D eigenvalue weighted by molar-refractivity contribution is -0.136. The van der Waals surface area contributed by atoms with Crippen LogP contribution in [0.4, 0.5) is 5.69 Å². The van der Waals surface area contributed by atoms with Gasteiger partial charge in [0.15, 0.2) is 5.78 Å². The molecule has 6 heteroatoms. The van der Waals surface area contributed by atoms with Crippen molar-refractivity contribution in [3.05, 3.63) is 82.4 Å². The number of hydrogen-bond donors (Lipinski definition) is 1. The lowest BCUT2D eigenvalue weighted by Crippen LogP contribution is -2.45. The molecule has 3 aromatic carbocycles. The van der Waals surface area contributed by atoms with E-state index in [1.807, 2.05) is 30.3 Å². The van der Waals surface area contributed by atoms with Crippen molar-refractivity contribution in [2.24, 2.45) is 5.92 Å². The van der Waals surface area contributed by atoms with E-state index in [0.29, 0.717) is 10.6 Å². The van der Waals surface area contributed by atoms with E-state index in [1.165, 1.54) is 0 Å². The number of halogens is 1. The molecule has 0 radical (unpaired) electrons. The molecule has 1 fully saturated rings. The second-order valence-electron chi connectivity index (χ2n) is 9.86. The number of carboxylic acids is 1. The molecule has 4 nitrogen and oxygen atoms in total. The maximum absolute atomic E-state index is 13.3. The zero-order valence-corrected chi connectivity index (χ0v) is 23.5. The van der Waals surface area contributed by atoms with Crippen molar-refractivity contribution in [1.29, 1.82) is 0 Å². The van der Waals surface area contributed by atoms with Crippen LogP contribution in [-0.4, -0.2) is 29.7 Å². The minimum atomic E-state index is -0.890. The minimum absolute atomic E-state index is 0.0887. The van der Waals surface area contributed by atoms with Crippen molar-refractivity contribution in [1.82, 2.24) is 0 Å². The Labute approximate surface area is 229 Å². The monoisotopic (exact) mass is 535 g/mol. The van der Waals surface area contributed by atoms with Crippen LogP contribution in [0.3, 0.4) is 0 Å². The smallest absolute Gasteiger partial charge is 0.307 e. The third kappa shape index (κ3) is 5.73. The highest BCUT2D eigenvalue weighted by Gasteiger charge is 2.38. The number of aliphatic carboxylic acids is 1. The number of benzene rings is 3. The Balaban J connectivity index is 1.91. The molecule has 1 atom stereocenters. The highest BCUT2D eigenvalue weighted by atomic mass is 35.5. The highest BCUT2D eigenvalue weighted by molar-refractivity contribution is 7.98. The fourth-order valence-corrected chi connectivity index (χ4v) is 5.92. The van der Waals surface area contributed by atoms with Crippen molar-refractivity contribution < 1.29 is 14.7 Å². The Hall–Kier alpha value is -2.76. The van der Waals surface area contributed by atoms with Gasteiger partial charge in [-0.1, -0.05) is 42.8 Å². The molecule has 0 heterocycles. The lowest BCUT2D eigenvalue weighted by atomic mass is 9.81. The molecule has 1 aliphatic rings. The Morgan fingerprint density at radius 2 is 1.81 bits per heavy atom. The second kappa shape index (κ2) is 11.3. The number of nitrogens with zero attached hydrogens (tertiary/aromatic N) is 1. The third-order valence-corrected chi connectivity index (χ3v) is 8.38. The molecule has 0 bridgehead atoms. The number of rotatable bonds is 11. The summed E-state index contributed by atoms with van der Waals surface area (Å²) in [5.41, 5.74) is 5.02. The first-order chi connectivity index (χ1) is 17.7. The molecule has 0 aromatic heterocycles. The topological polar surface area (TPSA) is 57.6 Å². The van der Waals surface area contributed by atoms with E-state index in [-0.39, 0.29) is 18.1 Å². The molecule has 0 aliphatic heterocycles. The zero-order chi connectivity index (χ0) is 26.7. The molecular formula is C31H34ClNO3S. The number of Topliss-reactive ketones (excluding diaryl/α,β-unsaturated/α-hetero) is 1. The van der Waals surface area contributed by atoms with Crippen LogP contribution in [0.15, 0.2) is 65.6 Å². The van der Waals surface area contributed by atoms with E-state index in [9.17, 15) is 14.7 Å². The molecule has 3 aromatic rings. The Bertz CT molecular complexity index is 1320. The van der Waals surface area contributed by atoms with Crippen molar-refractivity contribution in [3.63, 3.8) is 0 Å². The average Bonchev–Trinajstić information content (AvgIpc) is 3.73. The fraction of sp³-hybridized carbons (Fsp3) is 0.355. The number of carboxylic acid groups (broad SMARTS) is 1. The van der Waals surface area contributed by atoms with Gasteiger partial charge >= 0.3 is 5.97 Å². The summed E-state index contributed by atoms with van der Waals surface area (Å²) in [6.45, 7) is 7.27. The molecule has 1 N–H and O–H groups in total. The number of hydrogen-bond acceptors (Lipinski definition) is 4. The SMILES string of the molecule is CCN(c1ccccc1C(=O)C1CC1)C(C)(CC)c1cc(SC)ccc1-c1cc(Cl)cc(CC(=O)O)c1. The number of ketones is 1. The van der Waals surface area contributed by atoms with E-state index in [0.717, 1.165) is 58.6 Å². The van der Waals surface area contributed by atoms with Gasteiger partial charge in [-0.05, 0) is 98.0 Å². The van der Waals surface area contributed by atoms with Gasteiger partial charge in [-0.2, -0.15) is 0 Å². The summed E-state index contributed by atoms with van der Waals surface area (Å²) in [4.78, 5) is 28.2. The van der Waals surface area contributed by atoms with Crippen molar-refractivity contribution in [2.75, 3.05) is 17.7 Å². The highest BCUT2D eigenvalue weighted by Crippen LogP contribution is 2.44. The first-order valence-electron chi connectivity index (χ1n) is 12.8. The largest absolute Gasteiger partial charge is 0.481 e. The molecule has 0 spiro atoms. The first-order valence-corrected chi connectivity index (χ1v) is 14.4. The van der Waals surface area contributed by atoms with Crippen molar-refractivity contribution >= 4 is 40.8 Å². The van der Waals surface area contributed by atoms with E-state index >= 15 is 0 Å². The summed E-state index contributed by atoms with van der Waals surface area (Å²) in [7, 11) is 0. The maximum Gasteiger partial charge on any atom is 0.307 e. The molecule has 1 unspecified atom stereocenters. The minimum Gasteiger partial charge on any atom is -0.481 e. The average molecular weight is 536 g/mol. The molecule has 4 rings (SSSR count). The summed E-state index contributed by atoms with van der Waals surface area (Å²) >= 11 is 8.16. The molecule has 1 aliphatic carbocycles. The summed E-state index contributed by atoms with van der Waals surface area (Å²) < 4.78 is 0. The van der Waals surface area contributed by atoms with Gasteiger partial charge in [0.2, 0.25) is 0 Å². The van der Waals surface area contributed by atoms with Crippen molar-refractivity contribution in [3.8, 4) is 11.1 Å². The van der Waals surface area contributed by atoms with Crippen LogP contribution < -0.4 is 4.90 Å². The van der Waals surface area contributed by atoms with Crippen LogP contribution in [0, 0.1) is 5.92 Å². The number of thioether (sulfide) groups is 1. The molecule has 0 saturated heterocycles. The van der Waals surface area contributed by atoms with Gasteiger partial charge in [0.25, 0.3) is 0 Å². The van der Waals surface area contributed by atoms with Gasteiger partial charge in [0.05, 0.1) is 12.0 Å². The molecule has 0 amide bonds. The van der Waals surface area contributed by atoms with Crippen LogP contribution >= 0.6 is 23.4 Å². The summed E-state index contributed by atoms with van der Waals surface area (Å²) in [5.74, 6) is -0.514. The Kier molecular flexibility index (Phi) is 8.35. The Morgan fingerprint density at radius 3 is 2.43 bits per heavy atom. The third-order valence-electron chi connectivity index (χ3n) is 7.44. The molecular weight excluding hydrogens is 502 g/mol. The van der Waals surface area contributed by atoms with Crippen LogP contribution in [0.1, 0.15) is 61.5 Å². The zero-order valence-electron chi connectivity index (χ0n) is 21.9. The predicted octanol–water partition coefficient (Wildman–Crippen LogP) is 8.10. The fourth-order valence-electron chi connectivity index (χ4n) is 5.22. The lowest BCUT2D eigenvalue weighted by Gasteiger charge is -2.44. The van der Waals surface area contributed by atoms with Crippen LogP contribution in [0.25, 0.3) is 11.1 Å². The summed E-state index contributed by atoms with van der Waals surface area (Å²) in [6, 6.07) is 20.0. The summed E-state index contributed by atoms with van der Waals surface area (Å²) in [5, 5.41) is 9.89. The van der Waals surface area contributed by atoms with Crippen LogP contribution in [0.5, 0.6) is 0 Å². The van der Waals surface area contributed by atoms with E-state index in [1.54, 1.807) is 17.8 Å². The quantitative estimate of drug-likeness (QED) is 0.198. The van der Waals surface area contributed by atoms with E-state index in [4.69, 9.17) is 11.6 Å². The number of carbonyl (C=O) groups is 2. The standard InChI is InChI=1S/C31H34ClNO3S/c1-5-31(3,33(6-2)28-10-8-7-9-26(28)30(36)21-11-12-21)27-19-24(37-4)13-14-25(27)22-15-20(17-29(34)35)16-23(32)18-22/h7-10,13-16,18-19,21H,5-6,11-12,17H2,1-4H3,(H,34,35). The second-order valence-corrected chi connectivity index (χ2v) is 11.2. The van der Waals surface area contributed by atoms with Gasteiger partial charge in [-0.3, -0.25) is 9.59 Å². The van der Waals surface area contributed by atoms with Gasteiger partial charge in [0, 0.05) is 33.6 Å². The normalized spacial score (nSPS) is 14.7. The van der Waals surface area contributed by atoms with E-state index < -0.39 is 11.5 Å². The van der Waals surface area contributed by atoms with Crippen LogP contribution in [-0.2, 0) is 16.8 Å². The van der Waals surface area contributed by atoms with Gasteiger partial charge in [-0.15, -0.1) is 11.8 Å². The number of carbonyl (C=O) groups excluding carboxylic acids is 1. The molecule has 37 heavy (non-hydrogen) atoms. The predicted molar refractivity (Wildman–Crippen MR) is 154 cm³/mol. The Morgan fingerprint density at radius 1 is 1.08 bits per heavy atom. The van der Waals surface area contributed by atoms with E-state index in [2.05, 4.69) is 56.2 Å². The maximum atomic E-state index is 13.3. The van der Waals surface area contributed by atoms with Gasteiger partial charge in [-0.25, -0.2) is 0 Å². The number of anilines is 1. The first kappa shape index (κ1) is 27.3. The number of para-hydroxylation sites is 1. The van der Waals surface area contributed by atoms with Crippen LogP contribution in [0.2, 0.25) is 5.02 Å². The van der Waals surface area contributed by atoms with Gasteiger partial charge < -0.3 is 10.0 Å². The van der Waals surface area contributed by atoms with Gasteiger partial charge in [0.1, 0.15) is 0 Å². The summed E-state index contributed by atoms with van der Waals surface area (Å²) in [6.07, 6.45) is 4.72. The van der Waals surface area contributed by atoms with Crippen molar-refractivity contribution in [2.45, 2.75) is 56.9 Å².